The molecule has 0 saturated carbocycles. The predicted octanol–water partition coefficient (Wildman–Crippen LogP) is 2.56. The lowest BCUT2D eigenvalue weighted by Gasteiger charge is -2.16. The maximum Gasteiger partial charge on any atom is 0.303 e. The molecule has 150 valence electrons. The topological polar surface area (TPSA) is 107 Å². The van der Waals surface area contributed by atoms with Gasteiger partial charge in [-0.05, 0) is 25.7 Å². The highest BCUT2D eigenvalue weighted by Gasteiger charge is 2.35. The van der Waals surface area contributed by atoms with Crippen LogP contribution in [0.5, 0.6) is 0 Å². The summed E-state index contributed by atoms with van der Waals surface area (Å²) in [7, 11) is 0. The fourth-order valence-electron chi connectivity index (χ4n) is 2.96. The Bertz CT molecular complexity index is 448. The van der Waals surface area contributed by atoms with E-state index in [-0.39, 0.29) is 6.42 Å². The van der Waals surface area contributed by atoms with Gasteiger partial charge in [0.15, 0.2) is 0 Å². The second-order valence-corrected chi connectivity index (χ2v) is 6.95. The number of rotatable bonds is 13. The van der Waals surface area contributed by atoms with E-state index in [1.807, 2.05) is 12.2 Å². The van der Waals surface area contributed by atoms with Crippen LogP contribution in [0.4, 0.5) is 0 Å². The third kappa shape index (κ3) is 9.48. The molecule has 1 aliphatic heterocycles. The van der Waals surface area contributed by atoms with Gasteiger partial charge in [-0.2, -0.15) is 0 Å². The number of carbonyl (C=O) groups is 1. The van der Waals surface area contributed by atoms with Crippen molar-refractivity contribution in [3.8, 4) is 0 Å². The summed E-state index contributed by atoms with van der Waals surface area (Å²) in [6.45, 7) is 2.11. The molecule has 5 atom stereocenters. The van der Waals surface area contributed by atoms with Crippen molar-refractivity contribution in [2.45, 2.75) is 95.2 Å². The largest absolute Gasteiger partial charge is 0.481 e. The summed E-state index contributed by atoms with van der Waals surface area (Å²) in [5.74, 6) is -0.804. The first-order valence-electron chi connectivity index (χ1n) is 9.68. The highest BCUT2D eigenvalue weighted by Crippen LogP contribution is 2.25. The molecule has 6 heteroatoms. The number of aliphatic carboxylic acids is 1. The average molecular weight is 370 g/mol. The summed E-state index contributed by atoms with van der Waals surface area (Å²) in [4.78, 5) is 10.4. The molecule has 0 unspecified atom stereocenters. The second-order valence-electron chi connectivity index (χ2n) is 6.95. The molecule has 0 amide bonds. The smallest absolute Gasteiger partial charge is 0.303 e. The Labute approximate surface area is 156 Å². The molecule has 0 radical (unpaired) electrons. The van der Waals surface area contributed by atoms with Gasteiger partial charge in [-0.25, -0.2) is 0 Å². The summed E-state index contributed by atoms with van der Waals surface area (Å²) in [6, 6.07) is 0. The van der Waals surface area contributed by atoms with Gasteiger partial charge in [0.25, 0.3) is 0 Å². The SMILES string of the molecule is CCCCC[C@H](O)/C=C/[C@H]1O[C@@H]([C@H](O)C/C=C\CCCC(=O)O)C[C@@H]1O. The van der Waals surface area contributed by atoms with Crippen LogP contribution in [0, 0.1) is 0 Å². The van der Waals surface area contributed by atoms with Crippen molar-refractivity contribution in [1.82, 2.24) is 0 Å². The summed E-state index contributed by atoms with van der Waals surface area (Å²) in [5.41, 5.74) is 0. The monoisotopic (exact) mass is 370 g/mol. The zero-order valence-corrected chi connectivity index (χ0v) is 15.7. The molecule has 1 aliphatic rings. The summed E-state index contributed by atoms with van der Waals surface area (Å²) >= 11 is 0. The molecule has 4 N–H and O–H groups in total. The number of allylic oxidation sites excluding steroid dienone is 1. The molecule has 0 spiro atoms. The van der Waals surface area contributed by atoms with E-state index in [9.17, 15) is 20.1 Å². The molecule has 0 bridgehead atoms. The summed E-state index contributed by atoms with van der Waals surface area (Å²) in [5, 5.41) is 38.7. The number of ether oxygens (including phenoxy) is 1. The Balaban J connectivity index is 2.30. The van der Waals surface area contributed by atoms with Crippen molar-refractivity contribution >= 4 is 5.97 Å². The van der Waals surface area contributed by atoms with Gasteiger partial charge in [-0.3, -0.25) is 4.79 Å². The standard InChI is InChI=1S/C20H34O6/c1-2-3-6-9-15(21)12-13-18-17(23)14-19(26-18)16(22)10-7-4-5-8-11-20(24)25/h4,7,12-13,15-19,21-23H,2-3,5-6,8-11,14H2,1H3,(H,24,25)/b7-4-,13-12+/t15-,16+,17-,18+,19+/m0/s1. The normalized spacial score (nSPS) is 25.9. The van der Waals surface area contributed by atoms with Gasteiger partial charge < -0.3 is 25.2 Å². The average Bonchev–Trinajstić information content (AvgIpc) is 2.97. The Morgan fingerprint density at radius 3 is 2.69 bits per heavy atom. The van der Waals surface area contributed by atoms with Crippen LogP contribution in [0.25, 0.3) is 0 Å². The maximum absolute atomic E-state index is 10.4. The van der Waals surface area contributed by atoms with E-state index in [0.29, 0.717) is 32.1 Å². The second kappa shape index (κ2) is 13.0. The lowest BCUT2D eigenvalue weighted by molar-refractivity contribution is -0.137. The van der Waals surface area contributed by atoms with Crippen LogP contribution in [-0.2, 0) is 9.53 Å². The molecule has 1 heterocycles. The Morgan fingerprint density at radius 2 is 2.00 bits per heavy atom. The van der Waals surface area contributed by atoms with Gasteiger partial charge in [0, 0.05) is 12.8 Å². The van der Waals surface area contributed by atoms with Gasteiger partial charge in [0.1, 0.15) is 6.10 Å². The van der Waals surface area contributed by atoms with Gasteiger partial charge >= 0.3 is 5.97 Å². The number of carboxylic acid groups (broad SMARTS) is 1. The highest BCUT2D eigenvalue weighted by molar-refractivity contribution is 5.66. The zero-order valence-electron chi connectivity index (χ0n) is 15.7. The lowest BCUT2D eigenvalue weighted by Crippen LogP contribution is -2.25. The van der Waals surface area contributed by atoms with Gasteiger partial charge in [0.2, 0.25) is 0 Å². The van der Waals surface area contributed by atoms with E-state index >= 15 is 0 Å². The molecule has 0 aliphatic carbocycles. The van der Waals surface area contributed by atoms with E-state index in [0.717, 1.165) is 19.3 Å². The van der Waals surface area contributed by atoms with Crippen molar-refractivity contribution < 1.29 is 30.0 Å². The molecule has 26 heavy (non-hydrogen) atoms. The number of hydrogen-bond acceptors (Lipinski definition) is 5. The minimum Gasteiger partial charge on any atom is -0.481 e. The number of aliphatic hydroxyl groups is 3. The zero-order chi connectivity index (χ0) is 19.4. The van der Waals surface area contributed by atoms with E-state index in [1.54, 1.807) is 12.2 Å². The number of aliphatic hydroxyl groups excluding tert-OH is 3. The van der Waals surface area contributed by atoms with Crippen molar-refractivity contribution in [3.63, 3.8) is 0 Å². The van der Waals surface area contributed by atoms with E-state index in [1.165, 1.54) is 0 Å². The van der Waals surface area contributed by atoms with Gasteiger partial charge in [-0.15, -0.1) is 0 Å². The van der Waals surface area contributed by atoms with E-state index < -0.39 is 36.5 Å². The summed E-state index contributed by atoms with van der Waals surface area (Å²) < 4.78 is 5.71. The number of hydrogen-bond donors (Lipinski definition) is 4. The first-order chi connectivity index (χ1) is 12.4. The molecular formula is C20H34O6. The lowest BCUT2D eigenvalue weighted by atomic mass is 10.0. The van der Waals surface area contributed by atoms with Gasteiger partial charge in [-0.1, -0.05) is 50.5 Å². The Morgan fingerprint density at radius 1 is 1.23 bits per heavy atom. The van der Waals surface area contributed by atoms with E-state index in [4.69, 9.17) is 9.84 Å². The van der Waals surface area contributed by atoms with Crippen molar-refractivity contribution in [3.05, 3.63) is 24.3 Å². The summed E-state index contributed by atoms with van der Waals surface area (Å²) in [6.07, 6.45) is 10.2. The van der Waals surface area contributed by atoms with Gasteiger partial charge in [0.05, 0.1) is 24.4 Å². The predicted molar refractivity (Wildman–Crippen MR) is 99.8 cm³/mol. The first kappa shape index (κ1) is 22.8. The number of unbranched alkanes of at least 4 members (excludes halogenated alkanes) is 3. The molecule has 0 aromatic carbocycles. The fraction of sp³-hybridized carbons (Fsp3) is 0.750. The van der Waals surface area contributed by atoms with Crippen molar-refractivity contribution in [2.24, 2.45) is 0 Å². The molecule has 1 rings (SSSR count). The Kier molecular flexibility index (Phi) is 11.4. The minimum atomic E-state index is -0.804. The van der Waals surface area contributed by atoms with Crippen LogP contribution >= 0.6 is 0 Å². The molecular weight excluding hydrogens is 336 g/mol. The molecule has 1 saturated heterocycles. The van der Waals surface area contributed by atoms with Crippen LogP contribution in [0.2, 0.25) is 0 Å². The third-order valence-electron chi connectivity index (χ3n) is 4.55. The van der Waals surface area contributed by atoms with Crippen molar-refractivity contribution in [1.29, 1.82) is 0 Å². The van der Waals surface area contributed by atoms with Crippen LogP contribution in [-0.4, -0.2) is 56.9 Å². The minimum absolute atomic E-state index is 0.142. The Hall–Kier alpha value is -1.21. The van der Waals surface area contributed by atoms with Crippen LogP contribution < -0.4 is 0 Å². The van der Waals surface area contributed by atoms with Crippen LogP contribution in [0.1, 0.15) is 64.7 Å². The maximum atomic E-state index is 10.4. The van der Waals surface area contributed by atoms with Crippen molar-refractivity contribution in [2.75, 3.05) is 0 Å². The third-order valence-corrected chi connectivity index (χ3v) is 4.55. The van der Waals surface area contributed by atoms with Crippen LogP contribution in [0.3, 0.4) is 0 Å². The van der Waals surface area contributed by atoms with E-state index in [2.05, 4.69) is 6.92 Å². The molecule has 0 aromatic rings. The first-order valence-corrected chi connectivity index (χ1v) is 9.68. The molecule has 1 fully saturated rings. The molecule has 6 nitrogen and oxygen atoms in total. The quantitative estimate of drug-likeness (QED) is 0.293. The van der Waals surface area contributed by atoms with Crippen LogP contribution in [0.15, 0.2) is 24.3 Å². The number of carboxylic acids is 1. The fourth-order valence-corrected chi connectivity index (χ4v) is 2.96. The molecule has 0 aromatic heterocycles. The highest BCUT2D eigenvalue weighted by atomic mass is 16.5.